The molecule has 0 unspecified atom stereocenters. The van der Waals surface area contributed by atoms with Crippen molar-refractivity contribution in [1.82, 2.24) is 0 Å². The fourth-order valence-electron chi connectivity index (χ4n) is 5.41. The first-order valence-corrected chi connectivity index (χ1v) is 12.3. The Labute approximate surface area is 209 Å². The maximum Gasteiger partial charge on any atom is 0.139 e. The second kappa shape index (κ2) is 8.32. The van der Waals surface area contributed by atoms with Gasteiger partial charge in [-0.15, -0.1) is 0 Å². The van der Waals surface area contributed by atoms with Crippen molar-refractivity contribution in [3.05, 3.63) is 132 Å². The Morgan fingerprint density at radius 1 is 0.514 bits per heavy atom. The molecule has 1 aliphatic rings. The molecule has 0 radical (unpaired) electrons. The van der Waals surface area contributed by atoms with E-state index in [9.17, 15) is 0 Å². The molecule has 0 N–H and O–H groups in total. The highest BCUT2D eigenvalue weighted by Gasteiger charge is 2.35. The Morgan fingerprint density at radius 2 is 1.06 bits per heavy atom. The Morgan fingerprint density at radius 3 is 1.77 bits per heavy atom. The predicted octanol–water partition coefficient (Wildman–Crippen LogP) is 7.39. The maximum absolute atomic E-state index is 2.39. The van der Waals surface area contributed by atoms with E-state index in [2.05, 4.69) is 148 Å². The molecule has 0 bridgehead atoms. The predicted molar refractivity (Wildman–Crippen MR) is 152 cm³/mol. The molecule has 1 nitrogen and oxygen atoms in total. The molecule has 0 amide bonds. The standard InChI is InChI=1S/C33H28BN/c1-33(2)31-11-7-6-10-29(31)30-21-20-28(22-32(30)33)35(27-18-14-25(34)15-19-27)26-16-12-24(13-17-26)23-8-4-3-5-9-23/h3-22H,34H2,1-2H3. The molecule has 0 fully saturated rings. The molecule has 5 aromatic rings. The molecule has 0 heterocycles. The van der Waals surface area contributed by atoms with Gasteiger partial charge in [0.15, 0.2) is 0 Å². The molecule has 0 aromatic heterocycles. The zero-order chi connectivity index (χ0) is 24.0. The quantitative estimate of drug-likeness (QED) is 0.259. The molecule has 0 aliphatic heterocycles. The highest BCUT2D eigenvalue weighted by Crippen LogP contribution is 2.50. The highest BCUT2D eigenvalue weighted by molar-refractivity contribution is 6.32. The van der Waals surface area contributed by atoms with Crippen LogP contribution in [0.3, 0.4) is 0 Å². The summed E-state index contributed by atoms with van der Waals surface area (Å²) in [6, 6.07) is 44.1. The van der Waals surface area contributed by atoms with Gasteiger partial charge in [-0.1, -0.05) is 104 Å². The monoisotopic (exact) mass is 449 g/mol. The molecule has 5 aromatic carbocycles. The summed E-state index contributed by atoms with van der Waals surface area (Å²) >= 11 is 0. The Balaban J connectivity index is 1.47. The molecule has 168 valence electrons. The van der Waals surface area contributed by atoms with Gasteiger partial charge in [-0.3, -0.25) is 0 Å². The van der Waals surface area contributed by atoms with Crippen molar-refractivity contribution < 1.29 is 0 Å². The summed E-state index contributed by atoms with van der Waals surface area (Å²) in [4.78, 5) is 2.37. The molecule has 0 spiro atoms. The van der Waals surface area contributed by atoms with Crippen molar-refractivity contribution in [3.63, 3.8) is 0 Å². The van der Waals surface area contributed by atoms with Crippen LogP contribution in [0, 0.1) is 0 Å². The molecule has 0 atom stereocenters. The molecule has 0 saturated carbocycles. The molecular formula is C33H28BN. The van der Waals surface area contributed by atoms with E-state index in [0.29, 0.717) is 0 Å². The van der Waals surface area contributed by atoms with Crippen molar-refractivity contribution >= 4 is 30.4 Å². The number of rotatable bonds is 4. The van der Waals surface area contributed by atoms with Crippen LogP contribution >= 0.6 is 0 Å². The summed E-state index contributed by atoms with van der Waals surface area (Å²) < 4.78 is 0. The fraction of sp³-hybridized carbons (Fsp3) is 0.0909. The van der Waals surface area contributed by atoms with Gasteiger partial charge >= 0.3 is 0 Å². The van der Waals surface area contributed by atoms with Crippen LogP contribution in [0.25, 0.3) is 22.3 Å². The van der Waals surface area contributed by atoms with Crippen molar-refractivity contribution in [2.24, 2.45) is 0 Å². The van der Waals surface area contributed by atoms with Crippen LogP contribution < -0.4 is 10.4 Å². The molecule has 2 heteroatoms. The first kappa shape index (κ1) is 21.5. The summed E-state index contributed by atoms with van der Waals surface area (Å²) in [5.74, 6) is 0. The van der Waals surface area contributed by atoms with E-state index in [1.165, 1.54) is 44.5 Å². The lowest BCUT2D eigenvalue weighted by Crippen LogP contribution is -2.16. The van der Waals surface area contributed by atoms with E-state index in [0.717, 1.165) is 11.4 Å². The molecular weight excluding hydrogens is 421 g/mol. The number of hydrogen-bond donors (Lipinski definition) is 0. The van der Waals surface area contributed by atoms with Gasteiger partial charge in [0, 0.05) is 22.5 Å². The van der Waals surface area contributed by atoms with Gasteiger partial charge in [-0.25, -0.2) is 0 Å². The average Bonchev–Trinajstić information content (AvgIpc) is 3.13. The first-order chi connectivity index (χ1) is 17.0. The SMILES string of the molecule is Bc1ccc(N(c2ccc(-c3ccccc3)cc2)c2ccc3c(c2)C(C)(C)c2ccccc2-3)cc1. The normalized spacial score (nSPS) is 13.2. The average molecular weight is 449 g/mol. The Hall–Kier alpha value is -4.04. The Kier molecular flexibility index (Phi) is 5.11. The minimum Gasteiger partial charge on any atom is -0.310 e. The topological polar surface area (TPSA) is 3.24 Å². The molecule has 35 heavy (non-hydrogen) atoms. The minimum atomic E-state index is -0.0297. The smallest absolute Gasteiger partial charge is 0.139 e. The third kappa shape index (κ3) is 3.66. The molecule has 1 aliphatic carbocycles. The second-order valence-corrected chi connectivity index (χ2v) is 9.98. The summed E-state index contributed by atoms with van der Waals surface area (Å²) in [5.41, 5.74) is 12.7. The highest BCUT2D eigenvalue weighted by atomic mass is 15.1. The fourth-order valence-corrected chi connectivity index (χ4v) is 5.41. The lowest BCUT2D eigenvalue weighted by molar-refractivity contribution is 0.660. The van der Waals surface area contributed by atoms with Crippen molar-refractivity contribution in [3.8, 4) is 22.3 Å². The number of nitrogens with zero attached hydrogens (tertiary/aromatic N) is 1. The van der Waals surface area contributed by atoms with Crippen molar-refractivity contribution in [1.29, 1.82) is 0 Å². The summed E-state index contributed by atoms with van der Waals surface area (Å²) in [6.45, 7) is 4.68. The van der Waals surface area contributed by atoms with Gasteiger partial charge in [0.25, 0.3) is 0 Å². The van der Waals surface area contributed by atoms with Gasteiger partial charge < -0.3 is 4.90 Å². The van der Waals surface area contributed by atoms with E-state index < -0.39 is 0 Å². The number of fused-ring (bicyclic) bond motifs is 3. The van der Waals surface area contributed by atoms with E-state index in [4.69, 9.17) is 0 Å². The number of benzene rings is 5. The molecule has 6 rings (SSSR count). The van der Waals surface area contributed by atoms with Gasteiger partial charge in [-0.05, 0) is 69.8 Å². The third-order valence-electron chi connectivity index (χ3n) is 7.35. The summed E-state index contributed by atoms with van der Waals surface area (Å²) in [7, 11) is 2.14. The second-order valence-electron chi connectivity index (χ2n) is 9.98. The van der Waals surface area contributed by atoms with Crippen molar-refractivity contribution in [2.45, 2.75) is 19.3 Å². The lowest BCUT2D eigenvalue weighted by atomic mass is 9.82. The van der Waals surface area contributed by atoms with Crippen LogP contribution in [0.1, 0.15) is 25.0 Å². The van der Waals surface area contributed by atoms with Crippen molar-refractivity contribution in [2.75, 3.05) is 4.90 Å². The zero-order valence-corrected chi connectivity index (χ0v) is 20.5. The van der Waals surface area contributed by atoms with Crippen LogP contribution in [0.5, 0.6) is 0 Å². The van der Waals surface area contributed by atoms with Crippen LogP contribution in [-0.4, -0.2) is 7.85 Å². The van der Waals surface area contributed by atoms with Gasteiger partial charge in [-0.2, -0.15) is 0 Å². The van der Waals surface area contributed by atoms with Gasteiger partial charge in [0.1, 0.15) is 7.85 Å². The zero-order valence-electron chi connectivity index (χ0n) is 20.5. The third-order valence-corrected chi connectivity index (χ3v) is 7.35. The summed E-state index contributed by atoms with van der Waals surface area (Å²) in [6.07, 6.45) is 0. The van der Waals surface area contributed by atoms with Gasteiger partial charge in [0.2, 0.25) is 0 Å². The van der Waals surface area contributed by atoms with E-state index in [1.54, 1.807) is 0 Å². The van der Waals surface area contributed by atoms with Crippen LogP contribution in [-0.2, 0) is 5.41 Å². The van der Waals surface area contributed by atoms with E-state index in [1.807, 2.05) is 0 Å². The maximum atomic E-state index is 2.39. The minimum absolute atomic E-state index is 0.0297. The van der Waals surface area contributed by atoms with Crippen LogP contribution in [0.2, 0.25) is 0 Å². The van der Waals surface area contributed by atoms with Crippen LogP contribution in [0.4, 0.5) is 17.1 Å². The number of hydrogen-bond acceptors (Lipinski definition) is 1. The number of anilines is 3. The van der Waals surface area contributed by atoms with Crippen LogP contribution in [0.15, 0.2) is 121 Å². The largest absolute Gasteiger partial charge is 0.310 e. The van der Waals surface area contributed by atoms with E-state index in [-0.39, 0.29) is 5.41 Å². The molecule has 0 saturated heterocycles. The Bertz CT molecular complexity index is 1500. The summed E-state index contributed by atoms with van der Waals surface area (Å²) in [5, 5.41) is 0. The first-order valence-electron chi connectivity index (χ1n) is 12.3. The van der Waals surface area contributed by atoms with Gasteiger partial charge in [0.05, 0.1) is 0 Å². The lowest BCUT2D eigenvalue weighted by Gasteiger charge is -2.28. The van der Waals surface area contributed by atoms with E-state index >= 15 is 0 Å².